The van der Waals surface area contributed by atoms with E-state index >= 15 is 0 Å². The van der Waals surface area contributed by atoms with Crippen molar-refractivity contribution in [3.05, 3.63) is 35.9 Å². The monoisotopic (exact) mass is 232 g/mol. The van der Waals surface area contributed by atoms with Gasteiger partial charge in [0.1, 0.15) is 6.04 Å². The molecule has 0 radical (unpaired) electrons. The van der Waals surface area contributed by atoms with Crippen molar-refractivity contribution in [3.63, 3.8) is 0 Å². The zero-order valence-corrected chi connectivity index (χ0v) is 10.5. The molecule has 1 aromatic carbocycles. The molecule has 1 aliphatic rings. The van der Waals surface area contributed by atoms with Gasteiger partial charge < -0.3 is 10.6 Å². The molecule has 0 saturated carbocycles. The Balaban J connectivity index is 2.10. The summed E-state index contributed by atoms with van der Waals surface area (Å²) in [4.78, 5) is 14.2. The van der Waals surface area contributed by atoms with Crippen LogP contribution in [0.3, 0.4) is 0 Å². The highest BCUT2D eigenvalue weighted by Gasteiger charge is 2.32. The summed E-state index contributed by atoms with van der Waals surface area (Å²) in [5, 5.41) is 0. The maximum Gasteiger partial charge on any atom is 0.244 e. The molecule has 0 spiro atoms. The second-order valence-electron chi connectivity index (χ2n) is 5.07. The predicted molar refractivity (Wildman–Crippen MR) is 68.3 cm³/mol. The number of amides is 1. The molecule has 3 atom stereocenters. The fourth-order valence-electron chi connectivity index (χ4n) is 2.59. The lowest BCUT2D eigenvalue weighted by atomic mass is 10.1. The van der Waals surface area contributed by atoms with Gasteiger partial charge in [0.05, 0.1) is 0 Å². The standard InChI is InChI=1S/C14H20N2O/c1-10-8-11(2)16(9-10)14(17)13(15)12-6-4-3-5-7-12/h3-7,10-11,13H,8-9,15H2,1-2H3. The van der Waals surface area contributed by atoms with Crippen LogP contribution in [0.1, 0.15) is 31.9 Å². The molecule has 1 amide bonds. The van der Waals surface area contributed by atoms with Gasteiger partial charge in [0, 0.05) is 12.6 Å². The molecule has 3 heteroatoms. The lowest BCUT2D eigenvalue weighted by Gasteiger charge is -2.25. The van der Waals surface area contributed by atoms with Crippen molar-refractivity contribution in [2.75, 3.05) is 6.54 Å². The molecule has 0 aliphatic carbocycles. The zero-order valence-electron chi connectivity index (χ0n) is 10.5. The Morgan fingerprint density at radius 2 is 2.00 bits per heavy atom. The highest BCUT2D eigenvalue weighted by atomic mass is 16.2. The lowest BCUT2D eigenvalue weighted by Crippen LogP contribution is -2.40. The van der Waals surface area contributed by atoms with Crippen LogP contribution >= 0.6 is 0 Å². The summed E-state index contributed by atoms with van der Waals surface area (Å²) in [6.07, 6.45) is 1.08. The lowest BCUT2D eigenvalue weighted by molar-refractivity contribution is -0.133. The van der Waals surface area contributed by atoms with Gasteiger partial charge in [-0.25, -0.2) is 0 Å². The average Bonchev–Trinajstić information content (AvgIpc) is 2.68. The number of carbonyl (C=O) groups is 1. The van der Waals surface area contributed by atoms with Crippen molar-refractivity contribution in [3.8, 4) is 0 Å². The number of nitrogens with two attached hydrogens (primary N) is 1. The number of hydrogen-bond acceptors (Lipinski definition) is 2. The van der Waals surface area contributed by atoms with E-state index in [1.807, 2.05) is 35.2 Å². The number of nitrogens with zero attached hydrogens (tertiary/aromatic N) is 1. The van der Waals surface area contributed by atoms with Crippen molar-refractivity contribution >= 4 is 5.91 Å². The van der Waals surface area contributed by atoms with E-state index < -0.39 is 6.04 Å². The van der Waals surface area contributed by atoms with Gasteiger partial charge in [0.25, 0.3) is 0 Å². The van der Waals surface area contributed by atoms with Gasteiger partial charge in [-0.05, 0) is 24.8 Å². The van der Waals surface area contributed by atoms with Crippen LogP contribution in [0.4, 0.5) is 0 Å². The van der Waals surface area contributed by atoms with E-state index in [9.17, 15) is 4.79 Å². The first kappa shape index (κ1) is 12.1. The van der Waals surface area contributed by atoms with Crippen LogP contribution in [0.15, 0.2) is 30.3 Å². The van der Waals surface area contributed by atoms with E-state index in [2.05, 4.69) is 13.8 Å². The van der Waals surface area contributed by atoms with Crippen molar-refractivity contribution in [2.24, 2.45) is 11.7 Å². The van der Waals surface area contributed by atoms with Crippen LogP contribution in [0.5, 0.6) is 0 Å². The fraction of sp³-hybridized carbons (Fsp3) is 0.500. The maximum atomic E-state index is 12.3. The Labute approximate surface area is 103 Å². The Morgan fingerprint density at radius 1 is 1.35 bits per heavy atom. The van der Waals surface area contributed by atoms with E-state index in [1.54, 1.807) is 0 Å². The average molecular weight is 232 g/mol. The number of rotatable bonds is 2. The molecule has 1 fully saturated rings. The summed E-state index contributed by atoms with van der Waals surface area (Å²) in [7, 11) is 0. The predicted octanol–water partition coefficient (Wildman–Crippen LogP) is 1.94. The molecule has 1 heterocycles. The zero-order chi connectivity index (χ0) is 12.4. The largest absolute Gasteiger partial charge is 0.338 e. The summed E-state index contributed by atoms with van der Waals surface area (Å²) in [5.74, 6) is 0.630. The molecule has 0 aromatic heterocycles. The summed E-state index contributed by atoms with van der Waals surface area (Å²) >= 11 is 0. The van der Waals surface area contributed by atoms with Crippen LogP contribution in [0.25, 0.3) is 0 Å². The first-order chi connectivity index (χ1) is 8.09. The van der Waals surface area contributed by atoms with E-state index in [-0.39, 0.29) is 5.91 Å². The van der Waals surface area contributed by atoms with E-state index in [0.717, 1.165) is 18.5 Å². The first-order valence-electron chi connectivity index (χ1n) is 6.20. The Bertz CT molecular complexity index is 390. The molecular formula is C14H20N2O. The summed E-state index contributed by atoms with van der Waals surface area (Å²) in [5.41, 5.74) is 6.93. The normalized spacial score (nSPS) is 25.9. The maximum absolute atomic E-state index is 12.3. The third kappa shape index (κ3) is 2.50. The van der Waals surface area contributed by atoms with Crippen molar-refractivity contribution in [1.29, 1.82) is 0 Å². The van der Waals surface area contributed by atoms with Crippen LogP contribution in [-0.4, -0.2) is 23.4 Å². The minimum Gasteiger partial charge on any atom is -0.338 e. The molecule has 1 aromatic rings. The van der Waals surface area contributed by atoms with Crippen molar-refractivity contribution in [1.82, 2.24) is 4.90 Å². The first-order valence-corrected chi connectivity index (χ1v) is 6.20. The summed E-state index contributed by atoms with van der Waals surface area (Å²) < 4.78 is 0. The number of hydrogen-bond donors (Lipinski definition) is 1. The highest BCUT2D eigenvalue weighted by molar-refractivity contribution is 5.83. The topological polar surface area (TPSA) is 46.3 Å². The van der Waals surface area contributed by atoms with Gasteiger partial charge in [-0.2, -0.15) is 0 Å². The van der Waals surface area contributed by atoms with Gasteiger partial charge in [-0.1, -0.05) is 37.3 Å². The summed E-state index contributed by atoms with van der Waals surface area (Å²) in [6.45, 7) is 5.11. The fourth-order valence-corrected chi connectivity index (χ4v) is 2.59. The van der Waals surface area contributed by atoms with Crippen LogP contribution < -0.4 is 5.73 Å². The van der Waals surface area contributed by atoms with Gasteiger partial charge in [-0.3, -0.25) is 4.79 Å². The smallest absolute Gasteiger partial charge is 0.244 e. The van der Waals surface area contributed by atoms with Gasteiger partial charge in [-0.15, -0.1) is 0 Å². The second kappa shape index (κ2) is 4.88. The minimum atomic E-state index is -0.524. The summed E-state index contributed by atoms with van der Waals surface area (Å²) in [6, 6.07) is 9.37. The van der Waals surface area contributed by atoms with Crippen LogP contribution in [0, 0.1) is 5.92 Å². The Hall–Kier alpha value is -1.35. The molecule has 2 N–H and O–H groups in total. The van der Waals surface area contributed by atoms with E-state index in [0.29, 0.717) is 12.0 Å². The molecule has 17 heavy (non-hydrogen) atoms. The number of likely N-dealkylation sites (tertiary alicyclic amines) is 1. The minimum absolute atomic E-state index is 0.0491. The quantitative estimate of drug-likeness (QED) is 0.847. The Kier molecular flexibility index (Phi) is 3.48. The van der Waals surface area contributed by atoms with E-state index in [1.165, 1.54) is 0 Å². The van der Waals surface area contributed by atoms with E-state index in [4.69, 9.17) is 5.73 Å². The van der Waals surface area contributed by atoms with Crippen LogP contribution in [0.2, 0.25) is 0 Å². The SMILES string of the molecule is CC1CC(C)N(C(=O)C(N)c2ccccc2)C1. The van der Waals surface area contributed by atoms with Gasteiger partial charge in [0.15, 0.2) is 0 Å². The molecular weight excluding hydrogens is 212 g/mol. The van der Waals surface area contributed by atoms with Gasteiger partial charge >= 0.3 is 0 Å². The molecule has 2 rings (SSSR count). The highest BCUT2D eigenvalue weighted by Crippen LogP contribution is 2.25. The number of carbonyl (C=O) groups excluding carboxylic acids is 1. The Morgan fingerprint density at radius 3 is 2.53 bits per heavy atom. The molecule has 3 nitrogen and oxygen atoms in total. The third-order valence-electron chi connectivity index (χ3n) is 3.49. The number of benzene rings is 1. The molecule has 92 valence electrons. The third-order valence-corrected chi connectivity index (χ3v) is 3.49. The molecule has 1 saturated heterocycles. The van der Waals surface area contributed by atoms with Crippen molar-refractivity contribution in [2.45, 2.75) is 32.4 Å². The van der Waals surface area contributed by atoms with Crippen LogP contribution in [-0.2, 0) is 4.79 Å². The van der Waals surface area contributed by atoms with Crippen molar-refractivity contribution < 1.29 is 4.79 Å². The molecule has 3 unspecified atom stereocenters. The molecule has 0 bridgehead atoms. The second-order valence-corrected chi connectivity index (χ2v) is 5.07. The molecule has 1 aliphatic heterocycles. The van der Waals surface area contributed by atoms with Gasteiger partial charge in [0.2, 0.25) is 5.91 Å².